The van der Waals surface area contributed by atoms with Gasteiger partial charge in [-0.05, 0) is 12.1 Å². The zero-order valence-electron chi connectivity index (χ0n) is 14.2. The molecule has 1 amide bonds. The van der Waals surface area contributed by atoms with Crippen LogP contribution in [0.1, 0.15) is 10.4 Å². The van der Waals surface area contributed by atoms with Crippen LogP contribution in [0, 0.1) is 5.82 Å². The van der Waals surface area contributed by atoms with Gasteiger partial charge in [0.2, 0.25) is 5.91 Å². The highest BCUT2D eigenvalue weighted by atomic mass is 32.2. The summed E-state index contributed by atoms with van der Waals surface area (Å²) in [7, 11) is 0. The van der Waals surface area contributed by atoms with Crippen molar-refractivity contribution >= 4 is 29.5 Å². The van der Waals surface area contributed by atoms with Crippen molar-refractivity contribution in [1.82, 2.24) is 14.5 Å². The topological polar surface area (TPSA) is 108 Å². The van der Waals surface area contributed by atoms with E-state index in [9.17, 15) is 18.8 Å². The maximum Gasteiger partial charge on any atom is 0.349 e. The molecule has 0 aliphatic carbocycles. The number of halogens is 1. The molecule has 142 valence electrons. The van der Waals surface area contributed by atoms with Crippen molar-refractivity contribution < 1.29 is 18.7 Å². The molecule has 10 heteroatoms. The minimum absolute atomic E-state index is 0.0212. The molecule has 0 radical (unpaired) electrons. The zero-order chi connectivity index (χ0) is 19.4. The number of carbonyl (C=O) groups is 2. The second-order valence-corrected chi connectivity index (χ2v) is 6.93. The van der Waals surface area contributed by atoms with Crippen LogP contribution in [-0.4, -0.2) is 50.6 Å². The molecule has 1 aliphatic heterocycles. The first-order chi connectivity index (χ1) is 13.0. The number of thioether (sulfide) groups is 1. The summed E-state index contributed by atoms with van der Waals surface area (Å²) in [4.78, 5) is 40.8. The number of nitrogens with two attached hydrogens (primary N) is 1. The van der Waals surface area contributed by atoms with Crippen LogP contribution >= 0.6 is 11.8 Å². The van der Waals surface area contributed by atoms with Gasteiger partial charge < -0.3 is 15.4 Å². The van der Waals surface area contributed by atoms with Gasteiger partial charge in [0, 0.05) is 19.3 Å². The van der Waals surface area contributed by atoms with Crippen LogP contribution in [0.2, 0.25) is 0 Å². The lowest BCUT2D eigenvalue weighted by Crippen LogP contribution is -2.39. The van der Waals surface area contributed by atoms with Crippen molar-refractivity contribution in [3.63, 3.8) is 0 Å². The third-order valence-corrected chi connectivity index (χ3v) is 5.18. The van der Waals surface area contributed by atoms with Crippen molar-refractivity contribution in [2.75, 3.05) is 24.6 Å². The number of rotatable bonds is 6. The fourth-order valence-corrected chi connectivity index (χ4v) is 3.63. The fraction of sp³-hybridized carbons (Fsp3) is 0.294. The lowest BCUT2D eigenvalue weighted by Gasteiger charge is -2.23. The Morgan fingerprint density at radius 2 is 2.04 bits per heavy atom. The molecule has 0 saturated carbocycles. The van der Waals surface area contributed by atoms with Gasteiger partial charge in [0.25, 0.3) is 0 Å². The number of anilines is 1. The minimum atomic E-state index is -0.801. The molecular weight excluding hydrogens is 375 g/mol. The second-order valence-electron chi connectivity index (χ2n) is 5.77. The fourth-order valence-electron chi connectivity index (χ4n) is 2.57. The molecule has 27 heavy (non-hydrogen) atoms. The van der Waals surface area contributed by atoms with Crippen LogP contribution in [0.3, 0.4) is 0 Å². The van der Waals surface area contributed by atoms with E-state index < -0.39 is 23.3 Å². The van der Waals surface area contributed by atoms with Crippen molar-refractivity contribution in [3.05, 3.63) is 58.4 Å². The largest absolute Gasteiger partial charge is 0.459 e. The number of hydrogen-bond acceptors (Lipinski definition) is 7. The summed E-state index contributed by atoms with van der Waals surface area (Å²) in [5.41, 5.74) is 4.98. The maximum atomic E-state index is 13.5. The van der Waals surface area contributed by atoms with E-state index in [4.69, 9.17) is 10.5 Å². The molecule has 0 spiro atoms. The highest BCUT2D eigenvalue weighted by Gasteiger charge is 2.32. The monoisotopic (exact) mass is 392 g/mol. The first-order valence-corrected chi connectivity index (χ1v) is 9.16. The summed E-state index contributed by atoms with van der Waals surface area (Å²) in [6.45, 7) is 0.232. The second kappa shape index (κ2) is 8.21. The quantitative estimate of drug-likeness (QED) is 0.722. The number of ether oxygens (including phenoxy) is 1. The lowest BCUT2D eigenvalue weighted by atomic mass is 10.2. The predicted molar refractivity (Wildman–Crippen MR) is 97.6 cm³/mol. The van der Waals surface area contributed by atoms with Crippen LogP contribution in [0.5, 0.6) is 0 Å². The maximum absolute atomic E-state index is 13.5. The summed E-state index contributed by atoms with van der Waals surface area (Å²) in [5.74, 6) is -1.63. The Morgan fingerprint density at radius 3 is 2.78 bits per heavy atom. The number of amides is 1. The Hall–Kier alpha value is -2.88. The minimum Gasteiger partial charge on any atom is -0.459 e. The molecular formula is C17H17FN4O4S. The molecule has 2 heterocycles. The lowest BCUT2D eigenvalue weighted by molar-refractivity contribution is -0.128. The van der Waals surface area contributed by atoms with Gasteiger partial charge in [0.05, 0.1) is 11.3 Å². The molecule has 1 saturated heterocycles. The molecule has 8 nitrogen and oxygen atoms in total. The SMILES string of the molecule is Nc1nc(=O)n(CCN2C(=O)CS[C@H]2COC(=O)c2ccccc2)cc1F. The molecule has 1 aliphatic rings. The van der Waals surface area contributed by atoms with E-state index >= 15 is 0 Å². The Labute approximate surface area is 158 Å². The summed E-state index contributed by atoms with van der Waals surface area (Å²) in [6.07, 6.45) is 0.961. The molecule has 0 unspecified atom stereocenters. The molecule has 1 aromatic heterocycles. The summed E-state index contributed by atoms with van der Waals surface area (Å²) < 4.78 is 19.8. The third kappa shape index (κ3) is 4.45. The van der Waals surface area contributed by atoms with Crippen LogP contribution < -0.4 is 11.4 Å². The van der Waals surface area contributed by atoms with Crippen LogP contribution in [0.25, 0.3) is 0 Å². The molecule has 2 N–H and O–H groups in total. The summed E-state index contributed by atoms with van der Waals surface area (Å²) >= 11 is 1.34. The van der Waals surface area contributed by atoms with Crippen molar-refractivity contribution in [3.8, 4) is 0 Å². The molecule has 0 bridgehead atoms. The zero-order valence-corrected chi connectivity index (χ0v) is 15.0. The number of hydrogen-bond donors (Lipinski definition) is 1. The van der Waals surface area contributed by atoms with Gasteiger partial charge in [-0.25, -0.2) is 14.0 Å². The summed E-state index contributed by atoms with van der Waals surface area (Å²) in [6, 6.07) is 8.54. The highest BCUT2D eigenvalue weighted by Crippen LogP contribution is 2.25. The van der Waals surface area contributed by atoms with E-state index in [0.29, 0.717) is 5.56 Å². The van der Waals surface area contributed by atoms with E-state index in [0.717, 1.165) is 10.8 Å². The molecule has 3 rings (SSSR count). The average Bonchev–Trinajstić information content (AvgIpc) is 3.02. The van der Waals surface area contributed by atoms with Gasteiger partial charge in [0.15, 0.2) is 11.6 Å². The highest BCUT2D eigenvalue weighted by molar-refractivity contribution is 8.01. The number of esters is 1. The molecule has 2 aromatic rings. The van der Waals surface area contributed by atoms with Crippen molar-refractivity contribution in [1.29, 1.82) is 0 Å². The summed E-state index contributed by atoms with van der Waals surface area (Å²) in [5, 5.41) is -0.368. The van der Waals surface area contributed by atoms with E-state index in [2.05, 4.69) is 4.98 Å². The molecule has 1 fully saturated rings. The predicted octanol–water partition coefficient (Wildman–Crippen LogP) is 0.723. The smallest absolute Gasteiger partial charge is 0.349 e. The normalized spacial score (nSPS) is 16.6. The van der Waals surface area contributed by atoms with Gasteiger partial charge >= 0.3 is 11.7 Å². The standard InChI is InChI=1S/C17H17FN4O4S/c18-12-8-21(17(25)20-15(12)19)6-7-22-13(23)10-27-14(22)9-26-16(24)11-4-2-1-3-5-11/h1-5,8,14H,6-7,9-10H2,(H2,19,20,25)/t14-/m0/s1. The number of benzene rings is 1. The average molecular weight is 392 g/mol. The van der Waals surface area contributed by atoms with Crippen LogP contribution in [0.4, 0.5) is 10.2 Å². The Kier molecular flexibility index (Phi) is 5.75. The first-order valence-electron chi connectivity index (χ1n) is 8.11. The van der Waals surface area contributed by atoms with Crippen LogP contribution in [-0.2, 0) is 16.1 Å². The number of aromatic nitrogens is 2. The van der Waals surface area contributed by atoms with E-state index in [1.165, 1.54) is 16.7 Å². The van der Waals surface area contributed by atoms with E-state index in [1.807, 2.05) is 0 Å². The van der Waals surface area contributed by atoms with E-state index in [1.54, 1.807) is 30.3 Å². The van der Waals surface area contributed by atoms with Gasteiger partial charge in [-0.1, -0.05) is 18.2 Å². The number of nitrogens with zero attached hydrogens (tertiary/aromatic N) is 3. The van der Waals surface area contributed by atoms with Gasteiger partial charge in [-0.15, -0.1) is 11.8 Å². The third-order valence-electron chi connectivity index (χ3n) is 3.99. The number of carbonyl (C=O) groups excluding carboxylic acids is 2. The van der Waals surface area contributed by atoms with Gasteiger partial charge in [-0.3, -0.25) is 9.36 Å². The Balaban J connectivity index is 1.60. The molecule has 1 aromatic carbocycles. The van der Waals surface area contributed by atoms with Gasteiger partial charge in [0.1, 0.15) is 12.0 Å². The first kappa shape index (κ1) is 18.9. The van der Waals surface area contributed by atoms with Crippen molar-refractivity contribution in [2.24, 2.45) is 0 Å². The van der Waals surface area contributed by atoms with E-state index in [-0.39, 0.29) is 36.7 Å². The Morgan fingerprint density at radius 1 is 1.30 bits per heavy atom. The number of nitrogen functional groups attached to an aromatic ring is 1. The van der Waals surface area contributed by atoms with Crippen molar-refractivity contribution in [2.45, 2.75) is 11.9 Å². The Bertz CT molecular complexity index is 906. The van der Waals surface area contributed by atoms with Gasteiger partial charge in [-0.2, -0.15) is 4.98 Å². The molecule has 1 atom stereocenters. The van der Waals surface area contributed by atoms with Crippen LogP contribution in [0.15, 0.2) is 41.3 Å².